The summed E-state index contributed by atoms with van der Waals surface area (Å²) in [5.74, 6) is 0.898. The zero-order chi connectivity index (χ0) is 13.7. The molecule has 0 amide bonds. The Labute approximate surface area is 131 Å². The molecule has 0 radical (unpaired) electrons. The predicted molar refractivity (Wildman–Crippen MR) is 81.0 cm³/mol. The van der Waals surface area contributed by atoms with Gasteiger partial charge in [0.15, 0.2) is 0 Å². The summed E-state index contributed by atoms with van der Waals surface area (Å²) < 4.78 is 5.27. The minimum atomic E-state index is 0. The maximum absolute atomic E-state index is 5.27. The van der Waals surface area contributed by atoms with Gasteiger partial charge in [-0.1, -0.05) is 36.0 Å². The van der Waals surface area contributed by atoms with E-state index in [1.165, 1.54) is 15.4 Å². The molecule has 2 rings (SSSR count). The molecule has 4 heteroatoms. The van der Waals surface area contributed by atoms with Crippen LogP contribution in [-0.4, -0.2) is 26.1 Å². The van der Waals surface area contributed by atoms with Crippen LogP contribution < -0.4 is 17.1 Å². The van der Waals surface area contributed by atoms with Crippen LogP contribution in [0.1, 0.15) is 5.56 Å². The molecule has 0 unspecified atom stereocenters. The van der Waals surface area contributed by atoms with Crippen molar-refractivity contribution in [1.29, 1.82) is 0 Å². The number of halogens is 1. The second kappa shape index (κ2) is 8.20. The lowest BCUT2D eigenvalue weighted by Gasteiger charge is -2.14. The van der Waals surface area contributed by atoms with E-state index in [0.29, 0.717) is 0 Å². The number of hydrogen-bond acceptors (Lipinski definition) is 3. The molecule has 0 fully saturated rings. The third-order valence-corrected chi connectivity index (χ3v) is 3.84. The largest absolute Gasteiger partial charge is 1.00 e. The van der Waals surface area contributed by atoms with Gasteiger partial charge in [-0.3, -0.25) is 0 Å². The second-order valence-electron chi connectivity index (χ2n) is 4.63. The SMILES string of the molecule is COc1cccc(Sc2ccccc2CN(C)C)c1.[Cl-]. The Morgan fingerprint density at radius 2 is 1.80 bits per heavy atom. The Balaban J connectivity index is 0.00000200. The molecule has 0 atom stereocenters. The van der Waals surface area contributed by atoms with Crippen LogP contribution in [0.4, 0.5) is 0 Å². The van der Waals surface area contributed by atoms with E-state index in [0.717, 1.165) is 12.3 Å². The Kier molecular flexibility index (Phi) is 6.93. The van der Waals surface area contributed by atoms with Gasteiger partial charge in [0, 0.05) is 16.3 Å². The smallest absolute Gasteiger partial charge is 0.119 e. The normalized spacial score (nSPS) is 10.2. The number of benzene rings is 2. The van der Waals surface area contributed by atoms with Crippen LogP contribution in [0, 0.1) is 0 Å². The molecule has 2 aromatic rings. The molecule has 0 aromatic heterocycles. The molecule has 0 N–H and O–H groups in total. The first-order chi connectivity index (χ1) is 9.19. The second-order valence-corrected chi connectivity index (χ2v) is 5.74. The highest BCUT2D eigenvalue weighted by atomic mass is 35.5. The molecule has 2 nitrogen and oxygen atoms in total. The van der Waals surface area contributed by atoms with Gasteiger partial charge in [0.1, 0.15) is 5.75 Å². The fourth-order valence-corrected chi connectivity index (χ4v) is 2.85. The van der Waals surface area contributed by atoms with Crippen LogP contribution in [0.5, 0.6) is 5.75 Å². The van der Waals surface area contributed by atoms with Crippen molar-refractivity contribution in [2.24, 2.45) is 0 Å². The third kappa shape index (κ3) is 4.75. The van der Waals surface area contributed by atoms with Gasteiger partial charge in [0.25, 0.3) is 0 Å². The maximum Gasteiger partial charge on any atom is 0.119 e. The minimum absolute atomic E-state index is 0. The zero-order valence-electron chi connectivity index (χ0n) is 12.0. The maximum atomic E-state index is 5.27. The molecule has 2 aromatic carbocycles. The lowest BCUT2D eigenvalue weighted by molar-refractivity contribution is -0.00000430. The van der Waals surface area contributed by atoms with Crippen LogP contribution in [0.15, 0.2) is 58.3 Å². The van der Waals surface area contributed by atoms with E-state index >= 15 is 0 Å². The van der Waals surface area contributed by atoms with Crippen molar-refractivity contribution >= 4 is 11.8 Å². The van der Waals surface area contributed by atoms with Gasteiger partial charge in [-0.05, 0) is 43.9 Å². The van der Waals surface area contributed by atoms with E-state index in [9.17, 15) is 0 Å². The molecule has 108 valence electrons. The fourth-order valence-electron chi connectivity index (χ4n) is 1.87. The number of rotatable bonds is 5. The molecular weight excluding hydrogens is 290 g/mol. The number of hydrogen-bond donors (Lipinski definition) is 0. The Morgan fingerprint density at radius 1 is 1.05 bits per heavy atom. The monoisotopic (exact) mass is 308 g/mol. The van der Waals surface area contributed by atoms with E-state index in [1.54, 1.807) is 18.9 Å². The van der Waals surface area contributed by atoms with Crippen molar-refractivity contribution in [1.82, 2.24) is 4.90 Å². The van der Waals surface area contributed by atoms with Crippen molar-refractivity contribution in [3.63, 3.8) is 0 Å². The number of ether oxygens (including phenoxy) is 1. The highest BCUT2D eigenvalue weighted by molar-refractivity contribution is 7.99. The van der Waals surface area contributed by atoms with Crippen molar-refractivity contribution in [3.8, 4) is 5.75 Å². The van der Waals surface area contributed by atoms with E-state index in [2.05, 4.69) is 55.4 Å². The van der Waals surface area contributed by atoms with Gasteiger partial charge in [-0.2, -0.15) is 0 Å². The standard InChI is InChI=1S/C16H19NOS.ClH/c1-17(2)12-13-7-4-5-10-16(13)19-15-9-6-8-14(11-15)18-3;/h4-11H,12H2,1-3H3;1H/p-1. The van der Waals surface area contributed by atoms with Crippen LogP contribution in [0.2, 0.25) is 0 Å². The van der Waals surface area contributed by atoms with Crippen molar-refractivity contribution in [2.75, 3.05) is 21.2 Å². The van der Waals surface area contributed by atoms with Crippen LogP contribution in [0.3, 0.4) is 0 Å². The zero-order valence-corrected chi connectivity index (χ0v) is 13.5. The van der Waals surface area contributed by atoms with Crippen molar-refractivity contribution in [3.05, 3.63) is 54.1 Å². The number of methoxy groups -OCH3 is 1. The highest BCUT2D eigenvalue weighted by Gasteiger charge is 2.05. The quantitative estimate of drug-likeness (QED) is 0.815. The summed E-state index contributed by atoms with van der Waals surface area (Å²) in [4.78, 5) is 4.68. The molecular formula is C16H19ClNOS-. The topological polar surface area (TPSA) is 12.5 Å². The summed E-state index contributed by atoms with van der Waals surface area (Å²) in [6.45, 7) is 0.952. The van der Waals surface area contributed by atoms with Gasteiger partial charge in [0.2, 0.25) is 0 Å². The summed E-state index contributed by atoms with van der Waals surface area (Å²) in [6, 6.07) is 16.7. The molecule has 0 saturated carbocycles. The fraction of sp³-hybridized carbons (Fsp3) is 0.250. The summed E-state index contributed by atoms with van der Waals surface area (Å²) in [5.41, 5.74) is 1.35. The lowest BCUT2D eigenvalue weighted by atomic mass is 10.2. The lowest BCUT2D eigenvalue weighted by Crippen LogP contribution is -3.00. The summed E-state index contributed by atoms with van der Waals surface area (Å²) in [7, 11) is 5.88. The Morgan fingerprint density at radius 3 is 2.50 bits per heavy atom. The summed E-state index contributed by atoms with van der Waals surface area (Å²) in [6.07, 6.45) is 0. The van der Waals surface area contributed by atoms with Gasteiger partial charge in [0.05, 0.1) is 7.11 Å². The van der Waals surface area contributed by atoms with Crippen LogP contribution >= 0.6 is 11.8 Å². The van der Waals surface area contributed by atoms with E-state index in [-0.39, 0.29) is 12.4 Å². The van der Waals surface area contributed by atoms with Crippen molar-refractivity contribution in [2.45, 2.75) is 16.3 Å². The molecule has 20 heavy (non-hydrogen) atoms. The molecule has 0 bridgehead atoms. The van der Waals surface area contributed by atoms with Gasteiger partial charge >= 0.3 is 0 Å². The van der Waals surface area contributed by atoms with Crippen LogP contribution in [0.25, 0.3) is 0 Å². The molecule has 0 heterocycles. The Hall–Kier alpha value is -1.16. The first-order valence-electron chi connectivity index (χ1n) is 6.23. The molecule has 0 saturated heterocycles. The first-order valence-corrected chi connectivity index (χ1v) is 7.05. The molecule has 0 aliphatic carbocycles. The van der Waals surface area contributed by atoms with Crippen molar-refractivity contribution < 1.29 is 17.1 Å². The molecule has 0 aliphatic rings. The summed E-state index contributed by atoms with van der Waals surface area (Å²) >= 11 is 1.78. The average molecular weight is 309 g/mol. The van der Waals surface area contributed by atoms with E-state index in [1.807, 2.05) is 12.1 Å². The predicted octanol–water partition coefficient (Wildman–Crippen LogP) is 0.912. The first kappa shape index (κ1) is 16.9. The van der Waals surface area contributed by atoms with Gasteiger partial charge in [-0.15, -0.1) is 0 Å². The van der Waals surface area contributed by atoms with Gasteiger partial charge < -0.3 is 22.0 Å². The van der Waals surface area contributed by atoms with E-state index < -0.39 is 0 Å². The van der Waals surface area contributed by atoms with Gasteiger partial charge in [-0.25, -0.2) is 0 Å². The summed E-state index contributed by atoms with van der Waals surface area (Å²) in [5, 5.41) is 0. The average Bonchev–Trinajstić information content (AvgIpc) is 2.41. The Bertz CT molecular complexity index is 546. The molecule has 0 spiro atoms. The molecule has 0 aliphatic heterocycles. The van der Waals surface area contributed by atoms with E-state index in [4.69, 9.17) is 4.74 Å². The minimum Gasteiger partial charge on any atom is -1.00 e. The number of nitrogens with zero attached hydrogens (tertiary/aromatic N) is 1. The highest BCUT2D eigenvalue weighted by Crippen LogP contribution is 2.32. The van der Waals surface area contributed by atoms with Crippen LogP contribution in [-0.2, 0) is 6.54 Å². The third-order valence-electron chi connectivity index (χ3n) is 2.73.